The van der Waals surface area contributed by atoms with Gasteiger partial charge in [-0.05, 0) is 12.0 Å². The largest absolute Gasteiger partial charge is 0.467 e. The lowest BCUT2D eigenvalue weighted by molar-refractivity contribution is -0.228. The quantitative estimate of drug-likeness (QED) is 0.801. The van der Waals surface area contributed by atoms with E-state index in [1.165, 1.54) is 7.11 Å². The highest BCUT2D eigenvalue weighted by molar-refractivity contribution is 5.91. The monoisotopic (exact) mass is 279 g/mol. The van der Waals surface area contributed by atoms with Crippen LogP contribution < -0.4 is 0 Å². The van der Waals surface area contributed by atoms with Gasteiger partial charge < -0.3 is 9.84 Å². The smallest absolute Gasteiger partial charge is 0.336 e. The molecule has 0 saturated carbocycles. The molecule has 0 aliphatic carbocycles. The maximum Gasteiger partial charge on any atom is 0.336 e. The lowest BCUT2D eigenvalue weighted by Crippen LogP contribution is -2.55. The maximum absolute atomic E-state index is 11.9. The molecule has 1 fully saturated rings. The summed E-state index contributed by atoms with van der Waals surface area (Å²) in [6, 6.07) is 9.27. The fourth-order valence-corrected chi connectivity index (χ4v) is 2.25. The molecule has 0 radical (unpaired) electrons. The van der Waals surface area contributed by atoms with Gasteiger partial charge in [0.2, 0.25) is 5.91 Å². The third kappa shape index (κ3) is 2.52. The van der Waals surface area contributed by atoms with E-state index in [-0.39, 0.29) is 25.4 Å². The summed E-state index contributed by atoms with van der Waals surface area (Å²) in [6.07, 6.45) is 0.328. The fraction of sp³-hybridized carbons (Fsp3) is 0.429. The standard InChI is InChI=1S/C14H17NO5/c1-19-13(18)14(10-16)8-7-12(17)15(14)20-9-11-5-3-2-4-6-11/h2-6,16H,7-10H2,1H3/t14-/m1/s1. The van der Waals surface area contributed by atoms with E-state index < -0.39 is 18.1 Å². The number of hydrogen-bond donors (Lipinski definition) is 1. The van der Waals surface area contributed by atoms with Gasteiger partial charge in [0.15, 0.2) is 5.54 Å². The Bertz CT molecular complexity index is 490. The number of amides is 1. The van der Waals surface area contributed by atoms with E-state index in [9.17, 15) is 14.7 Å². The van der Waals surface area contributed by atoms with Crippen LogP contribution in [0.25, 0.3) is 0 Å². The number of carbonyl (C=O) groups excluding carboxylic acids is 2. The lowest BCUT2D eigenvalue weighted by atomic mass is 9.99. The van der Waals surface area contributed by atoms with Crippen molar-refractivity contribution < 1.29 is 24.3 Å². The number of methoxy groups -OCH3 is 1. The molecule has 6 heteroatoms. The molecule has 1 heterocycles. The van der Waals surface area contributed by atoms with Crippen LogP contribution in [0.3, 0.4) is 0 Å². The Morgan fingerprint density at radius 3 is 2.70 bits per heavy atom. The maximum atomic E-state index is 11.9. The zero-order chi connectivity index (χ0) is 14.6. The minimum atomic E-state index is -1.43. The van der Waals surface area contributed by atoms with E-state index in [1.807, 2.05) is 30.3 Å². The fourth-order valence-electron chi connectivity index (χ4n) is 2.25. The Morgan fingerprint density at radius 2 is 2.10 bits per heavy atom. The summed E-state index contributed by atoms with van der Waals surface area (Å²) < 4.78 is 4.69. The van der Waals surface area contributed by atoms with Crippen molar-refractivity contribution in [2.24, 2.45) is 0 Å². The molecule has 108 valence electrons. The normalized spacial score (nSPS) is 22.1. The Morgan fingerprint density at radius 1 is 1.40 bits per heavy atom. The molecule has 6 nitrogen and oxygen atoms in total. The summed E-state index contributed by atoms with van der Waals surface area (Å²) in [5.41, 5.74) is -0.565. The number of esters is 1. The molecule has 1 aliphatic rings. The van der Waals surface area contributed by atoms with Gasteiger partial charge in [0, 0.05) is 6.42 Å². The van der Waals surface area contributed by atoms with E-state index in [0.29, 0.717) is 0 Å². The van der Waals surface area contributed by atoms with Crippen molar-refractivity contribution in [2.75, 3.05) is 13.7 Å². The number of rotatable bonds is 5. The van der Waals surface area contributed by atoms with E-state index in [2.05, 4.69) is 4.74 Å². The van der Waals surface area contributed by atoms with Gasteiger partial charge in [-0.1, -0.05) is 30.3 Å². The van der Waals surface area contributed by atoms with Gasteiger partial charge >= 0.3 is 5.97 Å². The molecule has 1 N–H and O–H groups in total. The first-order chi connectivity index (χ1) is 9.64. The van der Waals surface area contributed by atoms with Crippen molar-refractivity contribution in [1.82, 2.24) is 5.06 Å². The van der Waals surface area contributed by atoms with Gasteiger partial charge in [0.1, 0.15) is 6.61 Å². The molecule has 0 bridgehead atoms. The summed E-state index contributed by atoms with van der Waals surface area (Å²) in [7, 11) is 1.22. The number of ether oxygens (including phenoxy) is 1. The zero-order valence-electron chi connectivity index (χ0n) is 11.2. The molecular weight excluding hydrogens is 262 g/mol. The number of aliphatic hydroxyl groups is 1. The van der Waals surface area contributed by atoms with Crippen molar-refractivity contribution in [1.29, 1.82) is 0 Å². The highest BCUT2D eigenvalue weighted by Gasteiger charge is 2.53. The van der Waals surface area contributed by atoms with Crippen molar-refractivity contribution in [3.05, 3.63) is 35.9 Å². The minimum Gasteiger partial charge on any atom is -0.467 e. The first-order valence-corrected chi connectivity index (χ1v) is 6.33. The van der Waals surface area contributed by atoms with Crippen LogP contribution in [0, 0.1) is 0 Å². The van der Waals surface area contributed by atoms with Gasteiger partial charge in [-0.2, -0.15) is 0 Å². The Hall–Kier alpha value is -1.92. The number of carbonyl (C=O) groups is 2. The Labute approximate surface area is 116 Å². The van der Waals surface area contributed by atoms with Crippen LogP contribution >= 0.6 is 0 Å². The Kier molecular flexibility index (Phi) is 4.36. The molecule has 1 aromatic rings. The second-order valence-electron chi connectivity index (χ2n) is 4.63. The van der Waals surface area contributed by atoms with Crippen LogP contribution in [0.5, 0.6) is 0 Å². The molecule has 1 aromatic carbocycles. The summed E-state index contributed by atoms with van der Waals surface area (Å²) >= 11 is 0. The van der Waals surface area contributed by atoms with Crippen molar-refractivity contribution >= 4 is 11.9 Å². The van der Waals surface area contributed by atoms with E-state index in [0.717, 1.165) is 10.6 Å². The summed E-state index contributed by atoms with van der Waals surface area (Å²) in [6.45, 7) is -0.383. The predicted molar refractivity (Wildman–Crippen MR) is 69.1 cm³/mol. The first-order valence-electron chi connectivity index (χ1n) is 6.33. The average molecular weight is 279 g/mol. The average Bonchev–Trinajstić information content (AvgIpc) is 2.82. The summed E-state index contributed by atoms with van der Waals surface area (Å²) in [4.78, 5) is 29.2. The number of benzene rings is 1. The van der Waals surface area contributed by atoms with Crippen LogP contribution in [0.4, 0.5) is 0 Å². The van der Waals surface area contributed by atoms with Crippen molar-refractivity contribution in [2.45, 2.75) is 25.0 Å². The SMILES string of the molecule is COC(=O)[C@]1(CO)CCC(=O)N1OCc1ccccc1. The second-order valence-corrected chi connectivity index (χ2v) is 4.63. The van der Waals surface area contributed by atoms with Crippen LogP contribution in [0.1, 0.15) is 18.4 Å². The number of hydroxylamine groups is 2. The molecule has 2 rings (SSSR count). The summed E-state index contributed by atoms with van der Waals surface area (Å²) in [5, 5.41) is 10.5. The molecule has 20 heavy (non-hydrogen) atoms. The van der Waals surface area contributed by atoms with E-state index in [1.54, 1.807) is 0 Å². The molecule has 1 aliphatic heterocycles. The van der Waals surface area contributed by atoms with Crippen molar-refractivity contribution in [3.8, 4) is 0 Å². The number of nitrogens with zero attached hydrogens (tertiary/aromatic N) is 1. The minimum absolute atomic E-state index is 0.143. The van der Waals surface area contributed by atoms with E-state index >= 15 is 0 Å². The molecule has 0 spiro atoms. The van der Waals surface area contributed by atoms with Crippen molar-refractivity contribution in [3.63, 3.8) is 0 Å². The first kappa shape index (κ1) is 14.5. The molecule has 1 saturated heterocycles. The topological polar surface area (TPSA) is 76.1 Å². The van der Waals surface area contributed by atoms with Crippen LogP contribution in [-0.4, -0.2) is 41.3 Å². The highest BCUT2D eigenvalue weighted by Crippen LogP contribution is 2.32. The third-order valence-corrected chi connectivity index (χ3v) is 3.40. The van der Waals surface area contributed by atoms with E-state index in [4.69, 9.17) is 4.84 Å². The highest BCUT2D eigenvalue weighted by atomic mass is 16.7. The van der Waals surface area contributed by atoms with Crippen LogP contribution in [0.2, 0.25) is 0 Å². The number of aliphatic hydroxyl groups excluding tert-OH is 1. The van der Waals surface area contributed by atoms with Gasteiger partial charge in [0.05, 0.1) is 13.7 Å². The molecule has 0 unspecified atom stereocenters. The molecular formula is C14H17NO5. The van der Waals surface area contributed by atoms with Crippen LogP contribution in [-0.2, 0) is 25.8 Å². The van der Waals surface area contributed by atoms with Gasteiger partial charge in [0.25, 0.3) is 0 Å². The lowest BCUT2D eigenvalue weighted by Gasteiger charge is -2.32. The van der Waals surface area contributed by atoms with Gasteiger partial charge in [-0.25, -0.2) is 9.86 Å². The Balaban J connectivity index is 2.14. The molecule has 0 aromatic heterocycles. The van der Waals surface area contributed by atoms with Crippen LogP contribution in [0.15, 0.2) is 30.3 Å². The molecule has 1 atom stereocenters. The third-order valence-electron chi connectivity index (χ3n) is 3.40. The van der Waals surface area contributed by atoms with Gasteiger partial charge in [-0.3, -0.25) is 9.63 Å². The second kappa shape index (κ2) is 6.02. The zero-order valence-corrected chi connectivity index (χ0v) is 11.2. The number of hydrogen-bond acceptors (Lipinski definition) is 5. The predicted octanol–water partition coefficient (Wildman–Crippen LogP) is 0.645. The van der Waals surface area contributed by atoms with Gasteiger partial charge in [-0.15, -0.1) is 0 Å². The molecule has 1 amide bonds. The summed E-state index contributed by atoms with van der Waals surface area (Å²) in [5.74, 6) is -1.00.